The standard InChI is InChI=1S/C11H17N3O2/c1-13-7-9(11(15)16)12-10(13)8-14-5-3-2-4-6-14/h7H,2-6,8H2,1H3,(H,15,16). The summed E-state index contributed by atoms with van der Waals surface area (Å²) in [6.07, 6.45) is 5.34. The van der Waals surface area contributed by atoms with Crippen LogP contribution in [0.5, 0.6) is 0 Å². The van der Waals surface area contributed by atoms with Crippen molar-refractivity contribution in [1.82, 2.24) is 14.5 Å². The lowest BCUT2D eigenvalue weighted by atomic mass is 10.1. The molecule has 0 aromatic carbocycles. The molecule has 1 aliphatic rings. The van der Waals surface area contributed by atoms with Gasteiger partial charge < -0.3 is 9.67 Å². The minimum absolute atomic E-state index is 0.134. The second-order valence-corrected chi connectivity index (χ2v) is 4.30. The third-order valence-corrected chi connectivity index (χ3v) is 3.01. The Hall–Kier alpha value is -1.36. The van der Waals surface area contributed by atoms with Crippen molar-refractivity contribution in [1.29, 1.82) is 0 Å². The summed E-state index contributed by atoms with van der Waals surface area (Å²) in [5, 5.41) is 8.84. The number of hydrogen-bond donors (Lipinski definition) is 1. The average molecular weight is 223 g/mol. The normalized spacial score (nSPS) is 17.6. The number of rotatable bonds is 3. The monoisotopic (exact) mass is 223 g/mol. The zero-order valence-electron chi connectivity index (χ0n) is 9.52. The molecule has 0 atom stereocenters. The fourth-order valence-electron chi connectivity index (χ4n) is 2.07. The lowest BCUT2D eigenvalue weighted by Crippen LogP contribution is -2.30. The van der Waals surface area contributed by atoms with Gasteiger partial charge in [-0.3, -0.25) is 4.90 Å². The lowest BCUT2D eigenvalue weighted by molar-refractivity contribution is 0.0690. The van der Waals surface area contributed by atoms with Gasteiger partial charge in [-0.2, -0.15) is 0 Å². The van der Waals surface area contributed by atoms with Crippen molar-refractivity contribution >= 4 is 5.97 Å². The predicted octanol–water partition coefficient (Wildman–Crippen LogP) is 1.10. The maximum Gasteiger partial charge on any atom is 0.356 e. The number of carbonyl (C=O) groups is 1. The van der Waals surface area contributed by atoms with E-state index < -0.39 is 5.97 Å². The van der Waals surface area contributed by atoms with E-state index in [1.165, 1.54) is 19.3 Å². The highest BCUT2D eigenvalue weighted by molar-refractivity contribution is 5.85. The molecule has 2 rings (SSSR count). The molecule has 0 bridgehead atoms. The highest BCUT2D eigenvalue weighted by Crippen LogP contribution is 2.12. The molecule has 0 amide bonds. The van der Waals surface area contributed by atoms with E-state index in [4.69, 9.17) is 5.11 Å². The molecule has 0 spiro atoms. The summed E-state index contributed by atoms with van der Waals surface area (Å²) in [6.45, 7) is 2.94. The number of nitrogens with zero attached hydrogens (tertiary/aromatic N) is 3. The molecule has 5 heteroatoms. The van der Waals surface area contributed by atoms with Gasteiger partial charge in [0.1, 0.15) is 5.82 Å². The van der Waals surface area contributed by atoms with E-state index in [1.807, 2.05) is 7.05 Å². The third kappa shape index (κ3) is 2.41. The van der Waals surface area contributed by atoms with E-state index in [0.29, 0.717) is 0 Å². The van der Waals surface area contributed by atoms with E-state index in [0.717, 1.165) is 25.5 Å². The third-order valence-electron chi connectivity index (χ3n) is 3.01. The molecular weight excluding hydrogens is 206 g/mol. The van der Waals surface area contributed by atoms with Gasteiger partial charge in [-0.25, -0.2) is 9.78 Å². The van der Waals surface area contributed by atoms with Crippen LogP contribution in [-0.4, -0.2) is 38.6 Å². The van der Waals surface area contributed by atoms with Crippen LogP contribution in [-0.2, 0) is 13.6 Å². The van der Waals surface area contributed by atoms with Crippen LogP contribution in [0.2, 0.25) is 0 Å². The SMILES string of the molecule is Cn1cc(C(=O)O)nc1CN1CCCCC1. The molecule has 1 aliphatic heterocycles. The van der Waals surface area contributed by atoms with Gasteiger partial charge in [0.2, 0.25) is 0 Å². The molecular formula is C11H17N3O2. The number of aromatic nitrogens is 2. The Kier molecular flexibility index (Phi) is 3.24. The van der Waals surface area contributed by atoms with Crippen molar-refractivity contribution in [2.24, 2.45) is 7.05 Å². The van der Waals surface area contributed by atoms with E-state index in [1.54, 1.807) is 10.8 Å². The zero-order chi connectivity index (χ0) is 11.5. The van der Waals surface area contributed by atoms with Crippen molar-refractivity contribution in [3.05, 3.63) is 17.7 Å². The molecule has 1 saturated heterocycles. The quantitative estimate of drug-likeness (QED) is 0.833. The van der Waals surface area contributed by atoms with Crippen LogP contribution in [0.15, 0.2) is 6.20 Å². The Morgan fingerprint density at radius 1 is 1.44 bits per heavy atom. The zero-order valence-corrected chi connectivity index (χ0v) is 9.52. The summed E-state index contributed by atoms with van der Waals surface area (Å²) < 4.78 is 1.80. The van der Waals surface area contributed by atoms with Gasteiger partial charge >= 0.3 is 5.97 Å². The number of aryl methyl sites for hydroxylation is 1. The number of likely N-dealkylation sites (tertiary alicyclic amines) is 1. The highest BCUT2D eigenvalue weighted by Gasteiger charge is 2.15. The molecule has 0 unspecified atom stereocenters. The number of imidazole rings is 1. The van der Waals surface area contributed by atoms with Gasteiger partial charge in [0.15, 0.2) is 5.69 Å². The van der Waals surface area contributed by atoms with E-state index in [9.17, 15) is 4.79 Å². The van der Waals surface area contributed by atoms with Gasteiger partial charge in [0, 0.05) is 13.2 Å². The van der Waals surface area contributed by atoms with Gasteiger partial charge in [-0.1, -0.05) is 6.42 Å². The first-order valence-corrected chi connectivity index (χ1v) is 5.64. The van der Waals surface area contributed by atoms with Gasteiger partial charge in [0.25, 0.3) is 0 Å². The number of carboxylic acid groups (broad SMARTS) is 1. The summed E-state index contributed by atoms with van der Waals surface area (Å²) >= 11 is 0. The van der Waals surface area contributed by atoms with Gasteiger partial charge in [-0.05, 0) is 25.9 Å². The van der Waals surface area contributed by atoms with Crippen LogP contribution in [0.25, 0.3) is 0 Å². The smallest absolute Gasteiger partial charge is 0.356 e. The maximum atomic E-state index is 10.8. The highest BCUT2D eigenvalue weighted by atomic mass is 16.4. The lowest BCUT2D eigenvalue weighted by Gasteiger charge is -2.25. The summed E-state index contributed by atoms with van der Waals surface area (Å²) in [7, 11) is 1.85. The number of piperidine rings is 1. The minimum atomic E-state index is -0.958. The molecule has 0 aliphatic carbocycles. The first kappa shape index (κ1) is 11.1. The second-order valence-electron chi connectivity index (χ2n) is 4.30. The number of aromatic carboxylic acids is 1. The van der Waals surface area contributed by atoms with Crippen LogP contribution in [0, 0.1) is 0 Å². The Morgan fingerprint density at radius 2 is 2.12 bits per heavy atom. The van der Waals surface area contributed by atoms with Crippen molar-refractivity contribution in [3.63, 3.8) is 0 Å². The first-order chi connectivity index (χ1) is 7.66. The van der Waals surface area contributed by atoms with Gasteiger partial charge in [0.05, 0.1) is 6.54 Å². The fraction of sp³-hybridized carbons (Fsp3) is 0.636. The molecule has 0 radical (unpaired) electrons. The van der Waals surface area contributed by atoms with Crippen LogP contribution in [0.4, 0.5) is 0 Å². The fourth-order valence-corrected chi connectivity index (χ4v) is 2.07. The van der Waals surface area contributed by atoms with Crippen LogP contribution < -0.4 is 0 Å². The molecule has 0 saturated carbocycles. The first-order valence-electron chi connectivity index (χ1n) is 5.64. The molecule has 88 valence electrons. The molecule has 2 heterocycles. The van der Waals surface area contributed by atoms with E-state index in [2.05, 4.69) is 9.88 Å². The van der Waals surface area contributed by atoms with Crippen LogP contribution >= 0.6 is 0 Å². The Balaban J connectivity index is 2.05. The Labute approximate surface area is 94.7 Å². The number of hydrogen-bond acceptors (Lipinski definition) is 3. The van der Waals surface area contributed by atoms with Crippen molar-refractivity contribution in [3.8, 4) is 0 Å². The Morgan fingerprint density at radius 3 is 2.69 bits per heavy atom. The summed E-state index contributed by atoms with van der Waals surface area (Å²) in [5.41, 5.74) is 0.134. The van der Waals surface area contributed by atoms with Crippen LogP contribution in [0.3, 0.4) is 0 Å². The summed E-state index contributed by atoms with van der Waals surface area (Å²) in [5.74, 6) is -0.125. The average Bonchev–Trinajstić information content (AvgIpc) is 2.62. The number of carboxylic acids is 1. The van der Waals surface area contributed by atoms with E-state index >= 15 is 0 Å². The predicted molar refractivity (Wildman–Crippen MR) is 59.3 cm³/mol. The second kappa shape index (κ2) is 4.65. The molecule has 5 nitrogen and oxygen atoms in total. The minimum Gasteiger partial charge on any atom is -0.476 e. The molecule has 1 aromatic rings. The largest absolute Gasteiger partial charge is 0.476 e. The molecule has 1 N–H and O–H groups in total. The van der Waals surface area contributed by atoms with Crippen molar-refractivity contribution < 1.29 is 9.90 Å². The molecule has 1 aromatic heterocycles. The van der Waals surface area contributed by atoms with Crippen molar-refractivity contribution in [2.45, 2.75) is 25.8 Å². The summed E-state index contributed by atoms with van der Waals surface area (Å²) in [4.78, 5) is 17.2. The topological polar surface area (TPSA) is 58.4 Å². The molecule has 1 fully saturated rings. The maximum absolute atomic E-state index is 10.8. The Bertz CT molecular complexity index is 381. The summed E-state index contributed by atoms with van der Waals surface area (Å²) in [6, 6.07) is 0. The van der Waals surface area contributed by atoms with Gasteiger partial charge in [-0.15, -0.1) is 0 Å². The van der Waals surface area contributed by atoms with Crippen LogP contribution in [0.1, 0.15) is 35.6 Å². The molecule has 16 heavy (non-hydrogen) atoms. The van der Waals surface area contributed by atoms with E-state index in [-0.39, 0.29) is 5.69 Å². The van der Waals surface area contributed by atoms with Crippen molar-refractivity contribution in [2.75, 3.05) is 13.1 Å².